The average molecular weight is 526 g/mol. The van der Waals surface area contributed by atoms with Crippen LogP contribution in [0.15, 0.2) is 67.0 Å². The SMILES string of the molecule is C[C@@H](Oc1cc(N(C=O)c2ccc(C(=O)c3ccncc3)cc2)nnc1N)c1c(Cl)ccc(F)c1Cl. The van der Waals surface area contributed by atoms with E-state index in [1.54, 1.807) is 43.3 Å². The molecular formula is C25H18Cl2FN5O3. The van der Waals surface area contributed by atoms with E-state index in [0.717, 1.165) is 6.07 Å². The number of halogens is 3. The molecule has 36 heavy (non-hydrogen) atoms. The summed E-state index contributed by atoms with van der Waals surface area (Å²) in [5.74, 6) is -0.705. The second kappa shape index (κ2) is 10.7. The Morgan fingerprint density at radius 3 is 2.39 bits per heavy atom. The van der Waals surface area contributed by atoms with E-state index in [1.807, 2.05) is 0 Å². The quantitative estimate of drug-likeness (QED) is 0.182. The van der Waals surface area contributed by atoms with Gasteiger partial charge in [-0.25, -0.2) is 4.39 Å². The third kappa shape index (κ3) is 5.12. The highest BCUT2D eigenvalue weighted by Gasteiger charge is 2.21. The van der Waals surface area contributed by atoms with Gasteiger partial charge in [-0.2, -0.15) is 0 Å². The number of benzene rings is 2. The van der Waals surface area contributed by atoms with E-state index < -0.39 is 11.9 Å². The predicted octanol–water partition coefficient (Wildman–Crippen LogP) is 5.57. The highest BCUT2D eigenvalue weighted by atomic mass is 35.5. The third-order valence-corrected chi connectivity index (χ3v) is 5.98. The fraction of sp³-hybridized carbons (Fsp3) is 0.0800. The second-order valence-electron chi connectivity index (χ2n) is 7.56. The molecule has 11 heteroatoms. The van der Waals surface area contributed by atoms with Crippen molar-refractivity contribution >= 4 is 52.7 Å². The van der Waals surface area contributed by atoms with Gasteiger partial charge < -0.3 is 10.5 Å². The van der Waals surface area contributed by atoms with Crippen molar-refractivity contribution in [2.24, 2.45) is 0 Å². The number of pyridine rings is 1. The number of ether oxygens (including phenoxy) is 1. The molecule has 0 bridgehead atoms. The van der Waals surface area contributed by atoms with Crippen LogP contribution in [0.2, 0.25) is 10.0 Å². The van der Waals surface area contributed by atoms with Crippen LogP contribution >= 0.6 is 23.2 Å². The summed E-state index contributed by atoms with van der Waals surface area (Å²) < 4.78 is 19.8. The van der Waals surface area contributed by atoms with Crippen LogP contribution in [0, 0.1) is 5.82 Å². The normalized spacial score (nSPS) is 11.6. The van der Waals surface area contributed by atoms with Gasteiger partial charge in [-0.1, -0.05) is 23.2 Å². The molecule has 0 aliphatic heterocycles. The highest BCUT2D eigenvalue weighted by molar-refractivity contribution is 6.36. The largest absolute Gasteiger partial charge is 0.482 e. The molecule has 8 nitrogen and oxygen atoms in total. The molecule has 1 amide bonds. The summed E-state index contributed by atoms with van der Waals surface area (Å²) in [6, 6.07) is 13.5. The Hall–Kier alpha value is -4.08. The molecule has 182 valence electrons. The molecular weight excluding hydrogens is 508 g/mol. The number of carbonyl (C=O) groups excluding carboxylic acids is 2. The number of anilines is 3. The minimum atomic E-state index is -0.803. The summed E-state index contributed by atoms with van der Waals surface area (Å²) in [6.45, 7) is 1.61. The first-order valence-corrected chi connectivity index (χ1v) is 11.3. The van der Waals surface area contributed by atoms with Gasteiger partial charge in [0.1, 0.15) is 11.9 Å². The summed E-state index contributed by atoms with van der Waals surface area (Å²) in [7, 11) is 0. The first kappa shape index (κ1) is 25.0. The van der Waals surface area contributed by atoms with Crippen molar-refractivity contribution in [3.05, 3.63) is 99.5 Å². The highest BCUT2D eigenvalue weighted by Crippen LogP contribution is 2.37. The van der Waals surface area contributed by atoms with E-state index in [4.69, 9.17) is 33.7 Å². The lowest BCUT2D eigenvalue weighted by Crippen LogP contribution is -2.17. The van der Waals surface area contributed by atoms with Crippen LogP contribution < -0.4 is 15.4 Å². The smallest absolute Gasteiger partial charge is 0.219 e. The molecule has 0 fully saturated rings. The molecule has 4 aromatic rings. The number of hydrogen-bond acceptors (Lipinski definition) is 7. The van der Waals surface area contributed by atoms with Gasteiger partial charge in [-0.3, -0.25) is 19.5 Å². The first-order valence-electron chi connectivity index (χ1n) is 10.5. The van der Waals surface area contributed by atoms with Gasteiger partial charge in [-0.15, -0.1) is 10.2 Å². The van der Waals surface area contributed by atoms with Crippen molar-refractivity contribution in [2.45, 2.75) is 13.0 Å². The van der Waals surface area contributed by atoms with Crippen LogP contribution in [0.25, 0.3) is 0 Å². The fourth-order valence-electron chi connectivity index (χ4n) is 3.44. The van der Waals surface area contributed by atoms with Gasteiger partial charge in [0.2, 0.25) is 6.41 Å². The zero-order valence-electron chi connectivity index (χ0n) is 18.7. The van der Waals surface area contributed by atoms with Gasteiger partial charge in [0.15, 0.2) is 23.2 Å². The molecule has 2 heterocycles. The molecule has 0 unspecified atom stereocenters. The number of nitrogens with two attached hydrogens (primary N) is 1. The molecule has 0 saturated heterocycles. The molecule has 4 rings (SSSR count). The Morgan fingerprint density at radius 1 is 1.06 bits per heavy atom. The van der Waals surface area contributed by atoms with E-state index in [-0.39, 0.29) is 38.8 Å². The molecule has 2 N–H and O–H groups in total. The van der Waals surface area contributed by atoms with Crippen molar-refractivity contribution < 1.29 is 18.7 Å². The second-order valence-corrected chi connectivity index (χ2v) is 8.34. The minimum absolute atomic E-state index is 0.0570. The zero-order chi connectivity index (χ0) is 25.8. The van der Waals surface area contributed by atoms with Gasteiger partial charge in [-0.05, 0) is 55.5 Å². The van der Waals surface area contributed by atoms with Crippen molar-refractivity contribution in [3.8, 4) is 5.75 Å². The van der Waals surface area contributed by atoms with E-state index in [0.29, 0.717) is 23.2 Å². The van der Waals surface area contributed by atoms with Gasteiger partial charge in [0.25, 0.3) is 0 Å². The molecule has 0 spiro atoms. The number of carbonyl (C=O) groups is 2. The maximum Gasteiger partial charge on any atom is 0.219 e. The van der Waals surface area contributed by atoms with Crippen LogP contribution in [-0.2, 0) is 4.79 Å². The molecule has 0 aliphatic carbocycles. The lowest BCUT2D eigenvalue weighted by molar-refractivity contribution is -0.106. The fourth-order valence-corrected chi connectivity index (χ4v) is 4.12. The minimum Gasteiger partial charge on any atom is -0.482 e. The standard InChI is InChI=1S/C25H18Cl2FN5O3/c1-14(22-18(26)6-7-19(28)23(22)27)36-20-12-21(31-32-25(20)29)33(13-34)17-4-2-15(3-5-17)24(35)16-8-10-30-11-9-16/h2-14H,1H3,(H2,29,32)/t14-/m1/s1. The van der Waals surface area contributed by atoms with E-state index in [1.165, 1.54) is 29.4 Å². The lowest BCUT2D eigenvalue weighted by atomic mass is 10.0. The topological polar surface area (TPSA) is 111 Å². The van der Waals surface area contributed by atoms with Crippen LogP contribution in [0.4, 0.5) is 21.7 Å². The maximum absolute atomic E-state index is 14.0. The Morgan fingerprint density at radius 2 is 1.72 bits per heavy atom. The van der Waals surface area contributed by atoms with E-state index >= 15 is 0 Å². The number of rotatable bonds is 8. The Bertz CT molecular complexity index is 1420. The summed E-state index contributed by atoms with van der Waals surface area (Å²) >= 11 is 12.3. The molecule has 0 aliphatic rings. The molecule has 2 aromatic carbocycles. The molecule has 2 aromatic heterocycles. The van der Waals surface area contributed by atoms with Crippen LogP contribution in [-0.4, -0.2) is 27.4 Å². The van der Waals surface area contributed by atoms with Crippen LogP contribution in [0.5, 0.6) is 5.75 Å². The number of amides is 1. The van der Waals surface area contributed by atoms with E-state index in [9.17, 15) is 14.0 Å². The Balaban J connectivity index is 1.60. The lowest BCUT2D eigenvalue weighted by Gasteiger charge is -2.21. The maximum atomic E-state index is 14.0. The van der Waals surface area contributed by atoms with Crippen molar-refractivity contribution in [2.75, 3.05) is 10.6 Å². The molecule has 1 atom stereocenters. The van der Waals surface area contributed by atoms with Gasteiger partial charge in [0.05, 0.1) is 10.7 Å². The van der Waals surface area contributed by atoms with Gasteiger partial charge in [0, 0.05) is 40.2 Å². The summed E-state index contributed by atoms with van der Waals surface area (Å²) in [5.41, 5.74) is 7.50. The number of hydrogen-bond donors (Lipinski definition) is 1. The van der Waals surface area contributed by atoms with Crippen molar-refractivity contribution in [1.82, 2.24) is 15.2 Å². The predicted molar refractivity (Wildman–Crippen MR) is 134 cm³/mol. The zero-order valence-corrected chi connectivity index (χ0v) is 20.2. The summed E-state index contributed by atoms with van der Waals surface area (Å²) in [6.07, 6.45) is 2.80. The van der Waals surface area contributed by atoms with Crippen molar-refractivity contribution in [3.63, 3.8) is 0 Å². The number of nitrogens with zero attached hydrogens (tertiary/aromatic N) is 4. The monoisotopic (exact) mass is 525 g/mol. The number of aromatic nitrogens is 3. The molecule has 0 radical (unpaired) electrons. The van der Waals surface area contributed by atoms with Crippen LogP contribution in [0.3, 0.4) is 0 Å². The molecule has 0 saturated carbocycles. The summed E-state index contributed by atoms with van der Waals surface area (Å²) in [4.78, 5) is 29.7. The third-order valence-electron chi connectivity index (χ3n) is 5.26. The average Bonchev–Trinajstić information content (AvgIpc) is 2.89. The Kier molecular flexibility index (Phi) is 7.42. The number of ketones is 1. The number of nitrogen functional groups attached to an aromatic ring is 1. The summed E-state index contributed by atoms with van der Waals surface area (Å²) in [5, 5.41) is 7.88. The van der Waals surface area contributed by atoms with E-state index in [2.05, 4.69) is 15.2 Å². The van der Waals surface area contributed by atoms with Crippen LogP contribution in [0.1, 0.15) is 34.5 Å². The Labute approximate surface area is 215 Å². The first-order chi connectivity index (χ1) is 17.3. The van der Waals surface area contributed by atoms with Crippen molar-refractivity contribution in [1.29, 1.82) is 0 Å². The van der Waals surface area contributed by atoms with Gasteiger partial charge >= 0.3 is 0 Å².